The predicted octanol–water partition coefficient (Wildman–Crippen LogP) is 2.80. The van der Waals surface area contributed by atoms with Crippen LogP contribution in [0, 0.1) is 0 Å². The van der Waals surface area contributed by atoms with Crippen molar-refractivity contribution in [3.05, 3.63) is 59.7 Å². The number of hydrogen-bond donors (Lipinski definition) is 3. The molecule has 0 unspecified atom stereocenters. The minimum atomic E-state index is -0.0724. The van der Waals surface area contributed by atoms with Gasteiger partial charge in [0.25, 0.3) is 5.91 Å². The lowest BCUT2D eigenvalue weighted by molar-refractivity contribution is 0.0954. The minimum absolute atomic E-state index is 0.0724. The Bertz CT molecular complexity index is 577. The van der Waals surface area contributed by atoms with Crippen LogP contribution in [0.15, 0.2) is 48.5 Å². The highest BCUT2D eigenvalue weighted by molar-refractivity contribution is 5.94. The summed E-state index contributed by atoms with van der Waals surface area (Å²) in [5.74, 6) is 0.181. The summed E-state index contributed by atoms with van der Waals surface area (Å²) in [5, 5.41) is 15.3. The number of hydrogen-bond acceptors (Lipinski definition) is 3. The van der Waals surface area contributed by atoms with Crippen molar-refractivity contribution in [3.63, 3.8) is 0 Å². The Kier molecular flexibility index (Phi) is 5.21. The average molecular weight is 284 g/mol. The second kappa shape index (κ2) is 7.33. The smallest absolute Gasteiger partial charge is 0.251 e. The maximum absolute atomic E-state index is 12.0. The van der Waals surface area contributed by atoms with Crippen molar-refractivity contribution in [1.82, 2.24) is 5.32 Å². The van der Waals surface area contributed by atoms with Gasteiger partial charge in [-0.1, -0.05) is 12.1 Å². The molecule has 0 heterocycles. The zero-order valence-corrected chi connectivity index (χ0v) is 12.1. The number of rotatable bonds is 6. The van der Waals surface area contributed by atoms with Crippen molar-refractivity contribution in [2.75, 3.05) is 18.4 Å². The van der Waals surface area contributed by atoms with E-state index in [1.807, 2.05) is 43.3 Å². The van der Waals surface area contributed by atoms with Gasteiger partial charge in [0.15, 0.2) is 0 Å². The van der Waals surface area contributed by atoms with Crippen LogP contribution in [0.3, 0.4) is 0 Å². The molecule has 4 heteroatoms. The molecule has 0 radical (unpaired) electrons. The molecule has 21 heavy (non-hydrogen) atoms. The Labute approximate surface area is 124 Å². The molecule has 110 valence electrons. The van der Waals surface area contributed by atoms with E-state index < -0.39 is 0 Å². The zero-order valence-electron chi connectivity index (χ0n) is 12.1. The van der Waals surface area contributed by atoms with E-state index in [2.05, 4.69) is 10.6 Å². The largest absolute Gasteiger partial charge is 0.508 e. The first-order valence-corrected chi connectivity index (χ1v) is 7.09. The van der Waals surface area contributed by atoms with E-state index in [4.69, 9.17) is 0 Å². The lowest BCUT2D eigenvalue weighted by atomic mass is 10.1. The second-order valence-corrected chi connectivity index (χ2v) is 4.78. The summed E-state index contributed by atoms with van der Waals surface area (Å²) in [6.07, 6.45) is 0.738. The molecule has 0 spiro atoms. The zero-order chi connectivity index (χ0) is 15.1. The van der Waals surface area contributed by atoms with Crippen LogP contribution in [0.2, 0.25) is 0 Å². The highest BCUT2D eigenvalue weighted by Crippen LogP contribution is 2.10. The Morgan fingerprint density at radius 1 is 1.05 bits per heavy atom. The predicted molar refractivity (Wildman–Crippen MR) is 84.7 cm³/mol. The van der Waals surface area contributed by atoms with Crippen LogP contribution in [-0.4, -0.2) is 24.1 Å². The number of carbonyl (C=O) groups is 1. The maximum atomic E-state index is 12.0. The molecule has 0 atom stereocenters. The van der Waals surface area contributed by atoms with Gasteiger partial charge in [-0.2, -0.15) is 0 Å². The number of nitrogens with one attached hydrogen (secondary N) is 2. The Hall–Kier alpha value is -2.49. The van der Waals surface area contributed by atoms with E-state index >= 15 is 0 Å². The quantitative estimate of drug-likeness (QED) is 0.764. The fraction of sp³-hybridized carbons (Fsp3) is 0.235. The molecule has 0 fully saturated rings. The first kappa shape index (κ1) is 14.9. The van der Waals surface area contributed by atoms with Crippen LogP contribution in [0.5, 0.6) is 5.75 Å². The summed E-state index contributed by atoms with van der Waals surface area (Å²) in [4.78, 5) is 12.0. The fourth-order valence-electron chi connectivity index (χ4n) is 2.03. The van der Waals surface area contributed by atoms with E-state index in [1.165, 1.54) is 0 Å². The van der Waals surface area contributed by atoms with Crippen molar-refractivity contribution in [1.29, 1.82) is 0 Å². The minimum Gasteiger partial charge on any atom is -0.508 e. The molecule has 0 saturated heterocycles. The number of phenols is 1. The van der Waals surface area contributed by atoms with Crippen LogP contribution in [0.1, 0.15) is 22.8 Å². The third-order valence-electron chi connectivity index (χ3n) is 3.16. The van der Waals surface area contributed by atoms with Gasteiger partial charge < -0.3 is 15.7 Å². The molecule has 2 rings (SSSR count). The summed E-state index contributed by atoms with van der Waals surface area (Å²) < 4.78 is 0. The van der Waals surface area contributed by atoms with Gasteiger partial charge in [0.1, 0.15) is 5.75 Å². The molecular formula is C17H20N2O2. The van der Waals surface area contributed by atoms with Crippen molar-refractivity contribution >= 4 is 11.6 Å². The molecule has 0 aliphatic heterocycles. The van der Waals surface area contributed by atoms with Gasteiger partial charge >= 0.3 is 0 Å². The topological polar surface area (TPSA) is 61.4 Å². The molecule has 0 aromatic heterocycles. The normalized spacial score (nSPS) is 10.1. The molecular weight excluding hydrogens is 264 g/mol. The molecule has 0 saturated carbocycles. The lowest BCUT2D eigenvalue weighted by Gasteiger charge is -2.07. The molecule has 2 aromatic carbocycles. The molecule has 0 aliphatic rings. The van der Waals surface area contributed by atoms with E-state index in [-0.39, 0.29) is 11.7 Å². The van der Waals surface area contributed by atoms with Gasteiger partial charge in [-0.3, -0.25) is 4.79 Å². The number of anilines is 1. The first-order chi connectivity index (χ1) is 10.2. The van der Waals surface area contributed by atoms with E-state index in [9.17, 15) is 9.90 Å². The van der Waals surface area contributed by atoms with Gasteiger partial charge in [-0.25, -0.2) is 0 Å². The molecule has 4 nitrogen and oxygen atoms in total. The Morgan fingerprint density at radius 3 is 2.33 bits per heavy atom. The highest BCUT2D eigenvalue weighted by atomic mass is 16.3. The standard InChI is InChI=1S/C17H20N2O2/c1-2-18-15-7-5-14(6-8-15)17(21)19-12-11-13-3-9-16(20)10-4-13/h3-10,18,20H,2,11-12H2,1H3,(H,19,21). The summed E-state index contributed by atoms with van der Waals surface area (Å²) in [5.41, 5.74) is 2.75. The van der Waals surface area contributed by atoms with Gasteiger partial charge in [0, 0.05) is 24.3 Å². The molecule has 2 aromatic rings. The monoisotopic (exact) mass is 284 g/mol. The molecule has 3 N–H and O–H groups in total. The highest BCUT2D eigenvalue weighted by Gasteiger charge is 2.04. The third kappa shape index (κ3) is 4.53. The lowest BCUT2D eigenvalue weighted by Crippen LogP contribution is -2.25. The molecule has 1 amide bonds. The summed E-state index contributed by atoms with van der Waals surface area (Å²) in [6.45, 7) is 3.46. The number of phenolic OH excluding ortho intramolecular Hbond substituents is 1. The van der Waals surface area contributed by atoms with Crippen LogP contribution in [-0.2, 0) is 6.42 Å². The summed E-state index contributed by atoms with van der Waals surface area (Å²) >= 11 is 0. The van der Waals surface area contributed by atoms with Crippen LogP contribution < -0.4 is 10.6 Å². The van der Waals surface area contributed by atoms with Crippen molar-refractivity contribution in [2.24, 2.45) is 0 Å². The average Bonchev–Trinajstić information content (AvgIpc) is 2.50. The van der Waals surface area contributed by atoms with Crippen LogP contribution >= 0.6 is 0 Å². The summed E-state index contributed by atoms with van der Waals surface area (Å²) in [6, 6.07) is 14.4. The van der Waals surface area contributed by atoms with Crippen molar-refractivity contribution in [2.45, 2.75) is 13.3 Å². The van der Waals surface area contributed by atoms with E-state index in [0.717, 1.165) is 24.2 Å². The van der Waals surface area contributed by atoms with Gasteiger partial charge in [-0.05, 0) is 55.3 Å². The molecule has 0 bridgehead atoms. The number of amides is 1. The molecule has 0 aliphatic carbocycles. The van der Waals surface area contributed by atoms with Crippen LogP contribution in [0.25, 0.3) is 0 Å². The number of aromatic hydroxyl groups is 1. The SMILES string of the molecule is CCNc1ccc(C(=O)NCCc2ccc(O)cc2)cc1. The van der Waals surface area contributed by atoms with Gasteiger partial charge in [0.2, 0.25) is 0 Å². The number of benzene rings is 2. The first-order valence-electron chi connectivity index (χ1n) is 7.09. The van der Waals surface area contributed by atoms with E-state index in [0.29, 0.717) is 12.1 Å². The van der Waals surface area contributed by atoms with Gasteiger partial charge in [-0.15, -0.1) is 0 Å². The Balaban J connectivity index is 1.82. The summed E-state index contributed by atoms with van der Waals surface area (Å²) in [7, 11) is 0. The van der Waals surface area contributed by atoms with Crippen LogP contribution in [0.4, 0.5) is 5.69 Å². The number of carbonyl (C=O) groups excluding carboxylic acids is 1. The van der Waals surface area contributed by atoms with Gasteiger partial charge in [0.05, 0.1) is 0 Å². The van der Waals surface area contributed by atoms with E-state index in [1.54, 1.807) is 12.1 Å². The van der Waals surface area contributed by atoms with Crippen molar-refractivity contribution < 1.29 is 9.90 Å². The second-order valence-electron chi connectivity index (χ2n) is 4.78. The Morgan fingerprint density at radius 2 is 1.71 bits per heavy atom. The van der Waals surface area contributed by atoms with Crippen molar-refractivity contribution in [3.8, 4) is 5.75 Å². The fourth-order valence-corrected chi connectivity index (χ4v) is 2.03. The third-order valence-corrected chi connectivity index (χ3v) is 3.16. The maximum Gasteiger partial charge on any atom is 0.251 e.